The van der Waals surface area contributed by atoms with Crippen LogP contribution in [0.2, 0.25) is 5.02 Å². The number of halogens is 1. The van der Waals surface area contributed by atoms with E-state index in [4.69, 9.17) is 11.6 Å². The van der Waals surface area contributed by atoms with Crippen LogP contribution in [-0.2, 0) is 0 Å². The van der Waals surface area contributed by atoms with Gasteiger partial charge in [0.25, 0.3) is 0 Å². The molecule has 20 heavy (non-hydrogen) atoms. The van der Waals surface area contributed by atoms with Crippen LogP contribution in [0.3, 0.4) is 0 Å². The van der Waals surface area contributed by atoms with Crippen molar-refractivity contribution in [3.05, 3.63) is 53.3 Å². The quantitative estimate of drug-likeness (QED) is 0.861. The van der Waals surface area contributed by atoms with E-state index in [9.17, 15) is 4.79 Å². The van der Waals surface area contributed by atoms with Crippen molar-refractivity contribution in [2.75, 3.05) is 11.9 Å². The Kier molecular flexibility index (Phi) is 3.65. The predicted octanol–water partition coefficient (Wildman–Crippen LogP) is 4.04. The molecule has 4 nitrogen and oxygen atoms in total. The van der Waals surface area contributed by atoms with Crippen LogP contribution >= 0.6 is 11.6 Å². The number of aromatic amines is 1. The second kappa shape index (κ2) is 5.59. The fourth-order valence-electron chi connectivity index (χ4n) is 2.65. The molecule has 2 aromatic rings. The van der Waals surface area contributed by atoms with Gasteiger partial charge in [0.2, 0.25) is 0 Å². The molecule has 0 aliphatic carbocycles. The third-order valence-corrected chi connectivity index (χ3v) is 3.81. The second-order valence-corrected chi connectivity index (χ2v) is 5.35. The van der Waals surface area contributed by atoms with E-state index in [2.05, 4.69) is 10.3 Å². The molecule has 2 amide bonds. The standard InChI is InChI=1S/C15H16ClN3O/c16-11-4-1-5-12(10-11)18-15(20)19-9-3-7-14(19)13-6-2-8-17-13/h1-2,4-6,8,10,14,17H,3,7,9H2,(H,18,20). The van der Waals surface area contributed by atoms with Crippen molar-refractivity contribution < 1.29 is 4.79 Å². The Labute approximate surface area is 122 Å². The van der Waals surface area contributed by atoms with E-state index in [1.807, 2.05) is 35.4 Å². The van der Waals surface area contributed by atoms with Gasteiger partial charge in [-0.2, -0.15) is 0 Å². The van der Waals surface area contributed by atoms with Gasteiger partial charge in [-0.15, -0.1) is 0 Å². The molecular weight excluding hydrogens is 274 g/mol. The van der Waals surface area contributed by atoms with Gasteiger partial charge in [-0.3, -0.25) is 0 Å². The van der Waals surface area contributed by atoms with E-state index in [0.29, 0.717) is 5.02 Å². The van der Waals surface area contributed by atoms with Gasteiger partial charge in [-0.05, 0) is 43.2 Å². The fraction of sp³-hybridized carbons (Fsp3) is 0.267. The summed E-state index contributed by atoms with van der Waals surface area (Å²) in [6.45, 7) is 0.774. The van der Waals surface area contributed by atoms with Gasteiger partial charge in [-0.25, -0.2) is 4.79 Å². The van der Waals surface area contributed by atoms with Gasteiger partial charge in [0, 0.05) is 29.1 Å². The second-order valence-electron chi connectivity index (χ2n) is 4.92. The molecule has 0 bridgehead atoms. The molecule has 1 aromatic carbocycles. The number of nitrogens with zero attached hydrogens (tertiary/aromatic N) is 1. The van der Waals surface area contributed by atoms with Gasteiger partial charge in [-0.1, -0.05) is 17.7 Å². The number of carbonyl (C=O) groups excluding carboxylic acids is 1. The molecule has 1 unspecified atom stereocenters. The number of carbonyl (C=O) groups is 1. The highest BCUT2D eigenvalue weighted by molar-refractivity contribution is 6.30. The molecule has 1 saturated heterocycles. The molecule has 3 rings (SSSR count). The largest absolute Gasteiger partial charge is 0.363 e. The molecule has 1 aliphatic rings. The number of H-pyrrole nitrogens is 1. The van der Waals surface area contributed by atoms with E-state index in [1.54, 1.807) is 12.1 Å². The van der Waals surface area contributed by atoms with Gasteiger partial charge in [0.1, 0.15) is 0 Å². The maximum Gasteiger partial charge on any atom is 0.322 e. The summed E-state index contributed by atoms with van der Waals surface area (Å²) in [6.07, 6.45) is 3.90. The molecule has 0 radical (unpaired) electrons. The highest BCUT2D eigenvalue weighted by Gasteiger charge is 2.30. The Morgan fingerprint density at radius 1 is 1.35 bits per heavy atom. The number of hydrogen-bond acceptors (Lipinski definition) is 1. The number of aromatic nitrogens is 1. The first-order valence-corrected chi connectivity index (χ1v) is 7.08. The first kappa shape index (κ1) is 13.1. The minimum atomic E-state index is -0.0793. The first-order valence-electron chi connectivity index (χ1n) is 6.70. The Balaban J connectivity index is 1.73. The molecule has 1 aliphatic heterocycles. The number of hydrogen-bond donors (Lipinski definition) is 2. The van der Waals surface area contributed by atoms with E-state index < -0.39 is 0 Å². The smallest absolute Gasteiger partial charge is 0.322 e. The third-order valence-electron chi connectivity index (χ3n) is 3.57. The van der Waals surface area contributed by atoms with E-state index in [1.165, 1.54) is 0 Å². The molecule has 1 atom stereocenters. The lowest BCUT2D eigenvalue weighted by Gasteiger charge is -2.24. The van der Waals surface area contributed by atoms with Gasteiger partial charge >= 0.3 is 6.03 Å². The van der Waals surface area contributed by atoms with Crippen LogP contribution in [0.4, 0.5) is 10.5 Å². The molecule has 0 spiro atoms. The molecule has 0 saturated carbocycles. The Hall–Kier alpha value is -1.94. The minimum absolute atomic E-state index is 0.0793. The Bertz CT molecular complexity index is 597. The third kappa shape index (κ3) is 2.65. The maximum absolute atomic E-state index is 12.4. The van der Waals surface area contributed by atoms with Crippen LogP contribution in [-0.4, -0.2) is 22.5 Å². The molecule has 1 fully saturated rings. The molecule has 104 valence electrons. The zero-order chi connectivity index (χ0) is 13.9. The van der Waals surface area contributed by atoms with Crippen LogP contribution in [0, 0.1) is 0 Å². The normalized spacial score (nSPS) is 18.2. The average molecular weight is 290 g/mol. The van der Waals surface area contributed by atoms with Crippen molar-refractivity contribution in [3.63, 3.8) is 0 Å². The summed E-state index contributed by atoms with van der Waals surface area (Å²) in [5.41, 5.74) is 1.81. The highest BCUT2D eigenvalue weighted by atomic mass is 35.5. The van der Waals surface area contributed by atoms with E-state index in [0.717, 1.165) is 30.8 Å². The summed E-state index contributed by atoms with van der Waals surface area (Å²) in [5.74, 6) is 0. The molecular formula is C15H16ClN3O. The lowest BCUT2D eigenvalue weighted by atomic mass is 10.1. The van der Waals surface area contributed by atoms with Gasteiger partial charge in [0.15, 0.2) is 0 Å². The number of rotatable bonds is 2. The van der Waals surface area contributed by atoms with Crippen LogP contribution in [0.25, 0.3) is 0 Å². The highest BCUT2D eigenvalue weighted by Crippen LogP contribution is 2.31. The molecule has 2 N–H and O–H groups in total. The van der Waals surface area contributed by atoms with Crippen LogP contribution in [0.5, 0.6) is 0 Å². The van der Waals surface area contributed by atoms with E-state index >= 15 is 0 Å². The zero-order valence-corrected chi connectivity index (χ0v) is 11.7. The number of nitrogens with one attached hydrogen (secondary N) is 2. The summed E-state index contributed by atoms with van der Waals surface area (Å²) < 4.78 is 0. The maximum atomic E-state index is 12.4. The summed E-state index contributed by atoms with van der Waals surface area (Å²) in [5, 5.41) is 3.52. The van der Waals surface area contributed by atoms with Crippen molar-refractivity contribution in [1.82, 2.24) is 9.88 Å². The van der Waals surface area contributed by atoms with Crippen molar-refractivity contribution >= 4 is 23.3 Å². The molecule has 1 aromatic heterocycles. The summed E-state index contributed by atoms with van der Waals surface area (Å²) in [6, 6.07) is 11.2. The average Bonchev–Trinajstić information content (AvgIpc) is 3.09. The lowest BCUT2D eigenvalue weighted by Crippen LogP contribution is -2.34. The number of urea groups is 1. The fourth-order valence-corrected chi connectivity index (χ4v) is 2.84. The zero-order valence-electron chi connectivity index (χ0n) is 11.0. The van der Waals surface area contributed by atoms with Crippen LogP contribution in [0.1, 0.15) is 24.6 Å². The van der Waals surface area contributed by atoms with Crippen molar-refractivity contribution in [2.45, 2.75) is 18.9 Å². The summed E-state index contributed by atoms with van der Waals surface area (Å²) in [7, 11) is 0. The van der Waals surface area contributed by atoms with Crippen LogP contribution < -0.4 is 5.32 Å². The van der Waals surface area contributed by atoms with Crippen molar-refractivity contribution in [1.29, 1.82) is 0 Å². The van der Waals surface area contributed by atoms with Gasteiger partial charge < -0.3 is 15.2 Å². The Morgan fingerprint density at radius 3 is 3.00 bits per heavy atom. The van der Waals surface area contributed by atoms with Crippen molar-refractivity contribution in [2.24, 2.45) is 0 Å². The minimum Gasteiger partial charge on any atom is -0.363 e. The number of likely N-dealkylation sites (tertiary alicyclic amines) is 1. The number of benzene rings is 1. The van der Waals surface area contributed by atoms with Crippen molar-refractivity contribution in [3.8, 4) is 0 Å². The topological polar surface area (TPSA) is 48.1 Å². The number of amides is 2. The predicted molar refractivity (Wildman–Crippen MR) is 79.9 cm³/mol. The van der Waals surface area contributed by atoms with Crippen LogP contribution in [0.15, 0.2) is 42.6 Å². The van der Waals surface area contributed by atoms with Gasteiger partial charge in [0.05, 0.1) is 6.04 Å². The number of anilines is 1. The summed E-state index contributed by atoms with van der Waals surface area (Å²) in [4.78, 5) is 17.5. The monoisotopic (exact) mass is 289 g/mol. The first-order chi connectivity index (χ1) is 9.74. The lowest BCUT2D eigenvalue weighted by molar-refractivity contribution is 0.206. The van der Waals surface area contributed by atoms with E-state index in [-0.39, 0.29) is 12.1 Å². The Morgan fingerprint density at radius 2 is 2.25 bits per heavy atom. The molecule has 2 heterocycles. The SMILES string of the molecule is O=C(Nc1cccc(Cl)c1)N1CCCC1c1ccc[nH]1. The molecule has 5 heteroatoms. The summed E-state index contributed by atoms with van der Waals surface area (Å²) >= 11 is 5.93.